The van der Waals surface area contributed by atoms with Gasteiger partial charge in [0, 0.05) is 18.6 Å². The second-order valence-corrected chi connectivity index (χ2v) is 3.46. The highest BCUT2D eigenvalue weighted by Crippen LogP contribution is 2.25. The molecule has 0 heterocycles. The number of aliphatic hydroxyl groups excluding tert-OH is 1. The van der Waals surface area contributed by atoms with Gasteiger partial charge in [-0.3, -0.25) is 4.79 Å². The molecule has 0 aromatic heterocycles. The predicted octanol–water partition coefficient (Wildman–Crippen LogP) is -0.247. The van der Waals surface area contributed by atoms with E-state index in [1.165, 1.54) is 7.11 Å². The van der Waals surface area contributed by atoms with E-state index in [0.717, 1.165) is 0 Å². The van der Waals surface area contributed by atoms with Gasteiger partial charge in [-0.15, -0.1) is 0 Å². The summed E-state index contributed by atoms with van der Waals surface area (Å²) in [5, 5.41) is 8.98. The normalized spacial score (nSPS) is 14.1. The first-order chi connectivity index (χ1) is 5.49. The minimum absolute atomic E-state index is 0.0794. The molecular weight excluding hydrogens is 158 g/mol. The van der Waals surface area contributed by atoms with Gasteiger partial charge in [-0.25, -0.2) is 0 Å². The molecule has 0 aliphatic heterocycles. The third-order valence-corrected chi connectivity index (χ3v) is 2.07. The number of methoxy groups -OCH3 is 1. The Morgan fingerprint density at radius 2 is 2.17 bits per heavy atom. The SMILES string of the molecule is COC(=O)C(CN)C(C)(C)CO. The Balaban J connectivity index is 4.43. The summed E-state index contributed by atoms with van der Waals surface area (Å²) >= 11 is 0. The first-order valence-electron chi connectivity index (χ1n) is 3.88. The van der Waals surface area contributed by atoms with Crippen molar-refractivity contribution in [2.75, 3.05) is 20.3 Å². The van der Waals surface area contributed by atoms with Crippen molar-refractivity contribution in [1.29, 1.82) is 0 Å². The minimum atomic E-state index is -0.512. The number of aliphatic hydroxyl groups is 1. The number of carbonyl (C=O) groups is 1. The Morgan fingerprint density at radius 3 is 2.42 bits per heavy atom. The average Bonchev–Trinajstić information content (AvgIpc) is 2.05. The van der Waals surface area contributed by atoms with Crippen molar-refractivity contribution >= 4 is 5.97 Å². The molecule has 1 unspecified atom stereocenters. The van der Waals surface area contributed by atoms with Gasteiger partial charge in [-0.2, -0.15) is 0 Å². The highest BCUT2D eigenvalue weighted by molar-refractivity contribution is 5.73. The standard InChI is InChI=1S/C8H17NO3/c1-8(2,5-10)6(4-9)7(11)12-3/h6,10H,4-5,9H2,1-3H3. The Hall–Kier alpha value is -0.610. The third-order valence-electron chi connectivity index (χ3n) is 2.07. The molecule has 12 heavy (non-hydrogen) atoms. The van der Waals surface area contributed by atoms with Gasteiger partial charge in [0.25, 0.3) is 0 Å². The van der Waals surface area contributed by atoms with Crippen molar-refractivity contribution in [2.45, 2.75) is 13.8 Å². The summed E-state index contributed by atoms with van der Waals surface area (Å²) in [4.78, 5) is 11.1. The van der Waals surface area contributed by atoms with Crippen molar-refractivity contribution < 1.29 is 14.6 Å². The van der Waals surface area contributed by atoms with Crippen LogP contribution in [-0.4, -0.2) is 31.3 Å². The number of rotatable bonds is 4. The molecule has 0 aliphatic carbocycles. The number of ether oxygens (including phenoxy) is 1. The summed E-state index contributed by atoms with van der Waals surface area (Å²) in [5.41, 5.74) is 4.89. The Kier molecular flexibility index (Phi) is 4.20. The van der Waals surface area contributed by atoms with Gasteiger partial charge >= 0.3 is 5.97 Å². The van der Waals surface area contributed by atoms with E-state index in [4.69, 9.17) is 10.8 Å². The predicted molar refractivity (Wildman–Crippen MR) is 45.4 cm³/mol. The monoisotopic (exact) mass is 175 g/mol. The molecule has 0 radical (unpaired) electrons. The van der Waals surface area contributed by atoms with Crippen LogP contribution in [0.25, 0.3) is 0 Å². The molecule has 0 bridgehead atoms. The number of esters is 1. The number of hydrogen-bond acceptors (Lipinski definition) is 4. The van der Waals surface area contributed by atoms with E-state index >= 15 is 0 Å². The molecule has 0 fully saturated rings. The summed E-state index contributed by atoms with van der Waals surface area (Å²) in [6.07, 6.45) is 0. The van der Waals surface area contributed by atoms with Crippen LogP contribution in [0, 0.1) is 11.3 Å². The van der Waals surface area contributed by atoms with Crippen LogP contribution in [-0.2, 0) is 9.53 Å². The summed E-state index contributed by atoms with van der Waals surface area (Å²) < 4.78 is 4.56. The van der Waals surface area contributed by atoms with Crippen LogP contribution in [0.1, 0.15) is 13.8 Å². The second-order valence-electron chi connectivity index (χ2n) is 3.46. The summed E-state index contributed by atoms with van der Waals surface area (Å²) in [6, 6.07) is 0. The van der Waals surface area contributed by atoms with Gasteiger partial charge in [0.05, 0.1) is 13.0 Å². The molecule has 72 valence electrons. The molecule has 0 aliphatic rings. The molecule has 0 rings (SSSR count). The van der Waals surface area contributed by atoms with Crippen LogP contribution in [0.3, 0.4) is 0 Å². The van der Waals surface area contributed by atoms with E-state index in [1.807, 2.05) is 0 Å². The van der Waals surface area contributed by atoms with E-state index in [1.54, 1.807) is 13.8 Å². The molecule has 0 saturated heterocycles. The maximum atomic E-state index is 11.1. The third kappa shape index (κ3) is 2.46. The first-order valence-corrected chi connectivity index (χ1v) is 3.88. The highest BCUT2D eigenvalue weighted by atomic mass is 16.5. The van der Waals surface area contributed by atoms with E-state index < -0.39 is 11.3 Å². The Labute approximate surface area is 72.7 Å². The van der Waals surface area contributed by atoms with Crippen molar-refractivity contribution in [3.8, 4) is 0 Å². The van der Waals surface area contributed by atoms with Gasteiger partial charge in [0.2, 0.25) is 0 Å². The quantitative estimate of drug-likeness (QED) is 0.578. The zero-order chi connectivity index (χ0) is 9.78. The molecule has 4 heteroatoms. The average molecular weight is 175 g/mol. The van der Waals surface area contributed by atoms with E-state index in [9.17, 15) is 4.79 Å². The minimum Gasteiger partial charge on any atom is -0.469 e. The fourth-order valence-electron chi connectivity index (χ4n) is 0.987. The smallest absolute Gasteiger partial charge is 0.310 e. The van der Waals surface area contributed by atoms with Gasteiger partial charge in [-0.1, -0.05) is 13.8 Å². The Bertz CT molecular complexity index is 156. The maximum Gasteiger partial charge on any atom is 0.310 e. The molecule has 0 spiro atoms. The molecule has 0 amide bonds. The molecule has 1 atom stereocenters. The van der Waals surface area contributed by atoms with E-state index in [0.29, 0.717) is 0 Å². The summed E-state index contributed by atoms with van der Waals surface area (Å²) in [7, 11) is 1.32. The van der Waals surface area contributed by atoms with Crippen LogP contribution in [0.5, 0.6) is 0 Å². The van der Waals surface area contributed by atoms with E-state index in [-0.39, 0.29) is 19.1 Å². The van der Waals surface area contributed by atoms with E-state index in [2.05, 4.69) is 4.74 Å². The summed E-state index contributed by atoms with van der Waals surface area (Å²) in [6.45, 7) is 3.67. The lowest BCUT2D eigenvalue weighted by Crippen LogP contribution is -2.39. The van der Waals surface area contributed by atoms with Crippen molar-refractivity contribution in [3.63, 3.8) is 0 Å². The number of nitrogens with two attached hydrogens (primary N) is 1. The zero-order valence-corrected chi connectivity index (χ0v) is 7.83. The molecule has 0 saturated carbocycles. The maximum absolute atomic E-state index is 11.1. The molecule has 4 nitrogen and oxygen atoms in total. The zero-order valence-electron chi connectivity index (χ0n) is 7.83. The number of hydrogen-bond donors (Lipinski definition) is 2. The van der Waals surface area contributed by atoms with Gasteiger partial charge in [0.15, 0.2) is 0 Å². The second kappa shape index (κ2) is 4.42. The van der Waals surface area contributed by atoms with Gasteiger partial charge < -0.3 is 15.6 Å². The van der Waals surface area contributed by atoms with Crippen LogP contribution in [0.15, 0.2) is 0 Å². The lowest BCUT2D eigenvalue weighted by Gasteiger charge is -2.29. The van der Waals surface area contributed by atoms with Crippen LogP contribution < -0.4 is 5.73 Å². The lowest BCUT2D eigenvalue weighted by atomic mass is 9.79. The van der Waals surface area contributed by atoms with Gasteiger partial charge in [0.1, 0.15) is 0 Å². The largest absolute Gasteiger partial charge is 0.469 e. The molecule has 0 aromatic carbocycles. The van der Waals surface area contributed by atoms with Crippen molar-refractivity contribution in [1.82, 2.24) is 0 Å². The molecule has 0 aromatic rings. The number of carbonyl (C=O) groups excluding carboxylic acids is 1. The van der Waals surface area contributed by atoms with Gasteiger partial charge in [-0.05, 0) is 0 Å². The lowest BCUT2D eigenvalue weighted by molar-refractivity contribution is -0.150. The van der Waals surface area contributed by atoms with Crippen molar-refractivity contribution in [2.24, 2.45) is 17.1 Å². The van der Waals surface area contributed by atoms with Crippen molar-refractivity contribution in [3.05, 3.63) is 0 Å². The first kappa shape index (κ1) is 11.4. The fraction of sp³-hybridized carbons (Fsp3) is 0.875. The molecular formula is C8H17NO3. The van der Waals surface area contributed by atoms with Crippen LogP contribution in [0.4, 0.5) is 0 Å². The Morgan fingerprint density at radius 1 is 1.67 bits per heavy atom. The van der Waals surface area contributed by atoms with Crippen LogP contribution >= 0.6 is 0 Å². The molecule has 3 N–H and O–H groups in total. The topological polar surface area (TPSA) is 72.5 Å². The van der Waals surface area contributed by atoms with Crippen LogP contribution in [0.2, 0.25) is 0 Å². The highest BCUT2D eigenvalue weighted by Gasteiger charge is 2.34. The summed E-state index contributed by atoms with van der Waals surface area (Å²) in [5.74, 6) is -0.802. The fourth-order valence-corrected chi connectivity index (χ4v) is 0.987.